The Labute approximate surface area is 179 Å². The van der Waals surface area contributed by atoms with Gasteiger partial charge in [0.05, 0.1) is 5.56 Å². The molecular formula is C22H34N6O2. The summed E-state index contributed by atoms with van der Waals surface area (Å²) in [7, 11) is 0. The number of nitrogens with zero attached hydrogens (tertiary/aromatic N) is 6. The Hall–Kier alpha value is -2.22. The lowest BCUT2D eigenvalue weighted by molar-refractivity contribution is -0.135. The number of carbonyl (C=O) groups is 2. The summed E-state index contributed by atoms with van der Waals surface area (Å²) in [5, 5.41) is 0. The number of carbonyl (C=O) groups excluding carboxylic acids is 2. The number of rotatable bonds is 4. The van der Waals surface area contributed by atoms with Gasteiger partial charge in [-0.2, -0.15) is 0 Å². The topological polar surface area (TPSA) is 72.9 Å². The van der Waals surface area contributed by atoms with Gasteiger partial charge in [-0.05, 0) is 26.7 Å². The van der Waals surface area contributed by atoms with E-state index in [0.29, 0.717) is 49.9 Å². The van der Waals surface area contributed by atoms with Crippen LogP contribution in [0.25, 0.3) is 0 Å². The Morgan fingerprint density at radius 3 is 1.93 bits per heavy atom. The molecule has 0 aromatic carbocycles. The van der Waals surface area contributed by atoms with E-state index >= 15 is 0 Å². The third-order valence-corrected chi connectivity index (χ3v) is 6.73. The predicted octanol–water partition coefficient (Wildman–Crippen LogP) is 1.48. The fourth-order valence-electron chi connectivity index (χ4n) is 4.93. The number of hydrogen-bond donors (Lipinski definition) is 0. The third kappa shape index (κ3) is 4.02. The van der Waals surface area contributed by atoms with Crippen molar-refractivity contribution in [3.63, 3.8) is 0 Å². The number of hydrogen-bond acceptors (Lipinski definition) is 6. The molecule has 8 nitrogen and oxygen atoms in total. The molecule has 2 unspecified atom stereocenters. The lowest BCUT2D eigenvalue weighted by atomic mass is 10.1. The Kier molecular flexibility index (Phi) is 5.95. The van der Waals surface area contributed by atoms with Crippen LogP contribution in [0.4, 0.5) is 5.95 Å². The largest absolute Gasteiger partial charge is 0.339 e. The van der Waals surface area contributed by atoms with Crippen LogP contribution in [0.3, 0.4) is 0 Å². The molecule has 3 fully saturated rings. The van der Waals surface area contributed by atoms with E-state index in [9.17, 15) is 9.59 Å². The highest BCUT2D eigenvalue weighted by molar-refractivity contribution is 5.94. The van der Waals surface area contributed by atoms with Crippen LogP contribution in [0, 0.1) is 5.92 Å². The molecule has 0 spiro atoms. The molecule has 2 atom stereocenters. The van der Waals surface area contributed by atoms with Gasteiger partial charge in [-0.25, -0.2) is 9.97 Å². The predicted molar refractivity (Wildman–Crippen MR) is 115 cm³/mol. The van der Waals surface area contributed by atoms with Crippen molar-refractivity contribution in [2.24, 2.45) is 5.92 Å². The normalized spacial score (nSPS) is 24.8. The van der Waals surface area contributed by atoms with Gasteiger partial charge in [0.15, 0.2) is 0 Å². The maximum atomic E-state index is 12.9. The van der Waals surface area contributed by atoms with Crippen LogP contribution < -0.4 is 4.90 Å². The van der Waals surface area contributed by atoms with E-state index in [1.165, 1.54) is 12.8 Å². The minimum Gasteiger partial charge on any atom is -0.339 e. The van der Waals surface area contributed by atoms with Crippen molar-refractivity contribution >= 4 is 17.8 Å². The molecule has 0 saturated carbocycles. The lowest BCUT2D eigenvalue weighted by Crippen LogP contribution is -2.56. The molecule has 8 heteroatoms. The van der Waals surface area contributed by atoms with Crippen LogP contribution in [0.5, 0.6) is 0 Å². The summed E-state index contributed by atoms with van der Waals surface area (Å²) < 4.78 is 0. The van der Waals surface area contributed by atoms with Gasteiger partial charge in [-0.1, -0.05) is 13.8 Å². The van der Waals surface area contributed by atoms with E-state index in [1.54, 1.807) is 17.3 Å². The molecule has 4 rings (SSSR count). The number of anilines is 1. The summed E-state index contributed by atoms with van der Waals surface area (Å²) in [5.74, 6) is 0.841. The van der Waals surface area contributed by atoms with E-state index < -0.39 is 0 Å². The average Bonchev–Trinajstić information content (AvgIpc) is 3.01. The summed E-state index contributed by atoms with van der Waals surface area (Å²) in [6, 6.07) is 1.48. The van der Waals surface area contributed by atoms with Crippen molar-refractivity contribution in [1.82, 2.24) is 24.7 Å². The Morgan fingerprint density at radius 1 is 0.900 bits per heavy atom. The molecule has 1 aromatic heterocycles. The minimum atomic E-state index is -0.0502. The second kappa shape index (κ2) is 8.49. The molecular weight excluding hydrogens is 380 g/mol. The summed E-state index contributed by atoms with van der Waals surface area (Å²) in [5.41, 5.74) is 0.524. The van der Waals surface area contributed by atoms with Crippen LogP contribution in [0.1, 0.15) is 50.9 Å². The summed E-state index contributed by atoms with van der Waals surface area (Å²) in [4.78, 5) is 42.7. The smallest absolute Gasteiger partial charge is 0.257 e. The van der Waals surface area contributed by atoms with Crippen LogP contribution in [-0.4, -0.2) is 93.9 Å². The first-order valence-corrected chi connectivity index (χ1v) is 11.3. The maximum Gasteiger partial charge on any atom is 0.257 e. The molecule has 1 aromatic rings. The molecule has 2 bridgehead atoms. The Bertz CT molecular complexity index is 758. The first-order valence-electron chi connectivity index (χ1n) is 11.3. The zero-order valence-electron chi connectivity index (χ0n) is 18.6. The second-order valence-electron chi connectivity index (χ2n) is 9.38. The molecule has 30 heavy (non-hydrogen) atoms. The highest BCUT2D eigenvalue weighted by Gasteiger charge is 2.41. The van der Waals surface area contributed by atoms with Crippen LogP contribution in [-0.2, 0) is 4.79 Å². The van der Waals surface area contributed by atoms with Crippen molar-refractivity contribution in [2.75, 3.05) is 44.2 Å². The van der Waals surface area contributed by atoms with Gasteiger partial charge in [-0.3, -0.25) is 14.5 Å². The number of fused-ring (bicyclic) bond motifs is 2. The van der Waals surface area contributed by atoms with Gasteiger partial charge >= 0.3 is 0 Å². The van der Waals surface area contributed by atoms with E-state index in [2.05, 4.69) is 33.6 Å². The molecule has 3 aliphatic heterocycles. The first-order chi connectivity index (χ1) is 14.3. The van der Waals surface area contributed by atoms with Crippen LogP contribution in [0.2, 0.25) is 0 Å². The van der Waals surface area contributed by atoms with Crippen LogP contribution >= 0.6 is 0 Å². The van der Waals surface area contributed by atoms with E-state index in [4.69, 9.17) is 0 Å². The van der Waals surface area contributed by atoms with Gasteiger partial charge in [0.2, 0.25) is 11.9 Å². The van der Waals surface area contributed by atoms with Crippen molar-refractivity contribution < 1.29 is 9.59 Å². The fraction of sp³-hybridized carbons (Fsp3) is 0.727. The second-order valence-corrected chi connectivity index (χ2v) is 9.38. The van der Waals surface area contributed by atoms with Gasteiger partial charge in [0.1, 0.15) is 0 Å². The average molecular weight is 415 g/mol. The maximum absolute atomic E-state index is 12.9. The summed E-state index contributed by atoms with van der Waals surface area (Å²) in [6.07, 6.45) is 5.70. The van der Waals surface area contributed by atoms with Crippen LogP contribution in [0.15, 0.2) is 12.4 Å². The zero-order chi connectivity index (χ0) is 21.4. The lowest BCUT2D eigenvalue weighted by Gasteiger charge is -2.42. The van der Waals surface area contributed by atoms with Crippen molar-refractivity contribution in [2.45, 2.75) is 58.7 Å². The minimum absolute atomic E-state index is 0.00843. The number of piperazine rings is 2. The monoisotopic (exact) mass is 414 g/mol. The molecule has 3 aliphatic rings. The molecule has 0 N–H and O–H groups in total. The van der Waals surface area contributed by atoms with Crippen molar-refractivity contribution in [1.29, 1.82) is 0 Å². The standard InChI is InChI=1S/C22H34N6O2/c1-15(2)20(29)25-7-9-26(10-8-25)21(30)17-11-23-22(24-12-17)28-18-5-6-19(28)14-27(13-18)16(3)4/h11-12,15-16,18-19H,5-10,13-14H2,1-4H3. The zero-order valence-corrected chi connectivity index (χ0v) is 18.6. The number of aromatic nitrogens is 2. The molecule has 4 heterocycles. The van der Waals surface area contributed by atoms with Gasteiger partial charge < -0.3 is 14.7 Å². The Balaban J connectivity index is 1.38. The van der Waals surface area contributed by atoms with Crippen molar-refractivity contribution in [3.05, 3.63) is 18.0 Å². The Morgan fingerprint density at radius 2 is 1.43 bits per heavy atom. The van der Waals surface area contributed by atoms with Gasteiger partial charge in [0.25, 0.3) is 5.91 Å². The number of likely N-dealkylation sites (tertiary alicyclic amines) is 1. The molecule has 164 valence electrons. The van der Waals surface area contributed by atoms with E-state index in [1.807, 2.05) is 18.7 Å². The van der Waals surface area contributed by atoms with Gasteiger partial charge in [0, 0.05) is 75.7 Å². The van der Waals surface area contributed by atoms with E-state index in [0.717, 1.165) is 19.0 Å². The molecule has 3 saturated heterocycles. The quantitative estimate of drug-likeness (QED) is 0.743. The highest BCUT2D eigenvalue weighted by atomic mass is 16.2. The first kappa shape index (κ1) is 21.0. The highest BCUT2D eigenvalue weighted by Crippen LogP contribution is 2.33. The third-order valence-electron chi connectivity index (χ3n) is 6.73. The summed E-state index contributed by atoms with van der Waals surface area (Å²) >= 11 is 0. The van der Waals surface area contributed by atoms with Crippen molar-refractivity contribution in [3.8, 4) is 0 Å². The molecule has 0 aliphatic carbocycles. The molecule has 0 radical (unpaired) electrons. The fourth-order valence-corrected chi connectivity index (χ4v) is 4.93. The number of amides is 2. The van der Waals surface area contributed by atoms with E-state index in [-0.39, 0.29) is 17.7 Å². The molecule has 2 amide bonds. The summed E-state index contributed by atoms with van der Waals surface area (Å²) in [6.45, 7) is 12.7. The van der Waals surface area contributed by atoms with Gasteiger partial charge in [-0.15, -0.1) is 0 Å². The SMILES string of the molecule is CC(C)C(=O)N1CCN(C(=O)c2cnc(N3C4CCC3CN(C(C)C)C4)nc2)CC1.